The fourth-order valence-electron chi connectivity index (χ4n) is 0.589. The summed E-state index contributed by atoms with van der Waals surface area (Å²) in [6.07, 6.45) is 11.7. The van der Waals surface area contributed by atoms with Crippen molar-refractivity contribution in [3.8, 4) is 0 Å². The second kappa shape index (κ2) is 10.1. The van der Waals surface area contributed by atoms with E-state index in [-0.39, 0.29) is 0 Å². The van der Waals surface area contributed by atoms with Crippen molar-refractivity contribution in [2.45, 2.75) is 0 Å². The van der Waals surface area contributed by atoms with Crippen molar-refractivity contribution in [2.75, 3.05) is 27.4 Å². The van der Waals surface area contributed by atoms with Crippen molar-refractivity contribution >= 4 is 0 Å². The zero-order chi connectivity index (χ0) is 9.07. The average molecular weight is 168 g/mol. The van der Waals surface area contributed by atoms with E-state index in [2.05, 4.69) is 0 Å². The molecule has 0 aliphatic rings. The first kappa shape index (κ1) is 11.1. The Morgan fingerprint density at radius 1 is 0.750 bits per heavy atom. The molecule has 12 heavy (non-hydrogen) atoms. The maximum absolute atomic E-state index is 4.83. The molecular weight excluding hydrogens is 152 g/mol. The van der Waals surface area contributed by atoms with Gasteiger partial charge in [0.05, 0.1) is 13.2 Å². The minimum absolute atomic E-state index is 0.659. The van der Waals surface area contributed by atoms with Gasteiger partial charge in [-0.05, 0) is 0 Å². The van der Waals surface area contributed by atoms with Gasteiger partial charge in [0, 0.05) is 14.2 Å². The monoisotopic (exact) mass is 168 g/mol. The Hall–Kier alpha value is -0.860. The summed E-state index contributed by atoms with van der Waals surface area (Å²) in [5.74, 6) is 0. The van der Waals surface area contributed by atoms with Crippen LogP contribution < -0.4 is 0 Å². The highest BCUT2D eigenvalue weighted by Crippen LogP contribution is 1.81. The zero-order valence-electron chi connectivity index (χ0n) is 7.69. The van der Waals surface area contributed by atoms with Gasteiger partial charge in [-0.15, -0.1) is 0 Å². The van der Waals surface area contributed by atoms with Gasteiger partial charge in [-0.3, -0.25) is 0 Å². The molecule has 0 saturated carbocycles. The Kier molecular flexibility index (Phi) is 9.41. The van der Waals surface area contributed by atoms with Gasteiger partial charge in [-0.2, -0.15) is 0 Å². The SMILES string of the molecule is COCC=CC=CC=CCOC. The third-order valence-corrected chi connectivity index (χ3v) is 1.13. The standard InChI is InChI=1S/C10H16O2/c1-11-9-7-5-3-4-6-8-10-12-2/h3-8H,9-10H2,1-2H3. The molecule has 2 heteroatoms. The minimum atomic E-state index is 0.659. The van der Waals surface area contributed by atoms with Crippen LogP contribution in [0.25, 0.3) is 0 Å². The fraction of sp³-hybridized carbons (Fsp3) is 0.400. The second-order valence-electron chi connectivity index (χ2n) is 2.15. The summed E-state index contributed by atoms with van der Waals surface area (Å²) in [4.78, 5) is 0. The van der Waals surface area contributed by atoms with E-state index in [9.17, 15) is 0 Å². The molecule has 0 aliphatic carbocycles. The Balaban J connectivity index is 3.35. The lowest BCUT2D eigenvalue weighted by atomic mass is 10.4. The van der Waals surface area contributed by atoms with Crippen LogP contribution in [0.2, 0.25) is 0 Å². The van der Waals surface area contributed by atoms with E-state index >= 15 is 0 Å². The van der Waals surface area contributed by atoms with E-state index in [4.69, 9.17) is 9.47 Å². The summed E-state index contributed by atoms with van der Waals surface area (Å²) in [5.41, 5.74) is 0. The largest absolute Gasteiger partial charge is 0.381 e. The summed E-state index contributed by atoms with van der Waals surface area (Å²) in [6, 6.07) is 0. The molecule has 0 N–H and O–H groups in total. The van der Waals surface area contributed by atoms with Crippen LogP contribution in [0.15, 0.2) is 36.5 Å². The molecule has 0 aromatic heterocycles. The summed E-state index contributed by atoms with van der Waals surface area (Å²) in [5, 5.41) is 0. The summed E-state index contributed by atoms with van der Waals surface area (Å²) >= 11 is 0. The zero-order valence-corrected chi connectivity index (χ0v) is 7.69. The van der Waals surface area contributed by atoms with Crippen LogP contribution in [0, 0.1) is 0 Å². The number of ether oxygens (including phenoxy) is 2. The predicted molar refractivity (Wildman–Crippen MR) is 51.2 cm³/mol. The van der Waals surface area contributed by atoms with Gasteiger partial charge in [0.15, 0.2) is 0 Å². The van der Waals surface area contributed by atoms with E-state index in [1.165, 1.54) is 0 Å². The van der Waals surface area contributed by atoms with E-state index in [0.717, 1.165) is 0 Å². The molecule has 0 heterocycles. The Labute approximate surface area is 74.2 Å². The minimum Gasteiger partial charge on any atom is -0.381 e. The molecule has 0 atom stereocenters. The third kappa shape index (κ3) is 9.14. The molecule has 0 aromatic carbocycles. The van der Waals surface area contributed by atoms with Gasteiger partial charge in [0.2, 0.25) is 0 Å². The molecule has 2 nitrogen and oxygen atoms in total. The number of rotatable bonds is 6. The lowest BCUT2D eigenvalue weighted by Crippen LogP contribution is -1.79. The van der Waals surface area contributed by atoms with Gasteiger partial charge in [-0.25, -0.2) is 0 Å². The maximum Gasteiger partial charge on any atom is 0.0646 e. The van der Waals surface area contributed by atoms with Crippen LogP contribution in [0.3, 0.4) is 0 Å². The lowest BCUT2D eigenvalue weighted by molar-refractivity contribution is 0.234. The molecular formula is C10H16O2. The molecule has 0 aromatic rings. The van der Waals surface area contributed by atoms with Gasteiger partial charge in [0.1, 0.15) is 0 Å². The van der Waals surface area contributed by atoms with Crippen LogP contribution in [-0.4, -0.2) is 27.4 Å². The maximum atomic E-state index is 4.83. The van der Waals surface area contributed by atoms with E-state index in [0.29, 0.717) is 13.2 Å². The Morgan fingerprint density at radius 2 is 1.17 bits per heavy atom. The molecule has 0 bridgehead atoms. The van der Waals surface area contributed by atoms with Crippen molar-refractivity contribution in [1.82, 2.24) is 0 Å². The lowest BCUT2D eigenvalue weighted by Gasteiger charge is -1.84. The molecule has 0 unspecified atom stereocenters. The van der Waals surface area contributed by atoms with Crippen LogP contribution in [-0.2, 0) is 9.47 Å². The predicted octanol–water partition coefficient (Wildman–Crippen LogP) is 1.95. The van der Waals surface area contributed by atoms with Crippen molar-refractivity contribution in [1.29, 1.82) is 0 Å². The molecule has 0 radical (unpaired) electrons. The van der Waals surface area contributed by atoms with Crippen molar-refractivity contribution < 1.29 is 9.47 Å². The first-order valence-corrected chi connectivity index (χ1v) is 3.88. The Bertz CT molecular complexity index is 139. The van der Waals surface area contributed by atoms with E-state index in [1.807, 2.05) is 36.5 Å². The van der Waals surface area contributed by atoms with Crippen molar-refractivity contribution in [3.05, 3.63) is 36.5 Å². The normalized spacial score (nSPS) is 12.5. The van der Waals surface area contributed by atoms with Gasteiger partial charge >= 0.3 is 0 Å². The number of hydrogen-bond acceptors (Lipinski definition) is 2. The molecule has 0 amide bonds. The van der Waals surface area contributed by atoms with Crippen LogP contribution >= 0.6 is 0 Å². The number of hydrogen-bond donors (Lipinski definition) is 0. The van der Waals surface area contributed by atoms with Crippen molar-refractivity contribution in [2.24, 2.45) is 0 Å². The number of methoxy groups -OCH3 is 2. The molecule has 0 fully saturated rings. The molecule has 0 aliphatic heterocycles. The quantitative estimate of drug-likeness (QED) is 0.564. The van der Waals surface area contributed by atoms with Gasteiger partial charge < -0.3 is 9.47 Å². The third-order valence-electron chi connectivity index (χ3n) is 1.13. The summed E-state index contributed by atoms with van der Waals surface area (Å²) in [7, 11) is 3.35. The molecule has 0 spiro atoms. The topological polar surface area (TPSA) is 18.5 Å². The molecule has 0 rings (SSSR count). The van der Waals surface area contributed by atoms with Crippen molar-refractivity contribution in [3.63, 3.8) is 0 Å². The van der Waals surface area contributed by atoms with E-state index in [1.54, 1.807) is 14.2 Å². The number of allylic oxidation sites excluding steroid dienone is 4. The summed E-state index contributed by atoms with van der Waals surface area (Å²) in [6.45, 7) is 1.32. The average Bonchev–Trinajstić information content (AvgIpc) is 2.10. The molecule has 68 valence electrons. The van der Waals surface area contributed by atoms with Crippen LogP contribution in [0.1, 0.15) is 0 Å². The fourth-order valence-corrected chi connectivity index (χ4v) is 0.589. The van der Waals surface area contributed by atoms with Crippen LogP contribution in [0.4, 0.5) is 0 Å². The first-order valence-electron chi connectivity index (χ1n) is 3.88. The van der Waals surface area contributed by atoms with Gasteiger partial charge in [0.25, 0.3) is 0 Å². The second-order valence-corrected chi connectivity index (χ2v) is 2.15. The molecule has 0 saturated heterocycles. The first-order chi connectivity index (χ1) is 5.91. The Morgan fingerprint density at radius 3 is 1.50 bits per heavy atom. The van der Waals surface area contributed by atoms with E-state index < -0.39 is 0 Å². The highest BCUT2D eigenvalue weighted by Gasteiger charge is 1.68. The highest BCUT2D eigenvalue weighted by atomic mass is 16.5. The highest BCUT2D eigenvalue weighted by molar-refractivity contribution is 5.11. The smallest absolute Gasteiger partial charge is 0.0646 e. The van der Waals surface area contributed by atoms with Crippen LogP contribution in [0.5, 0.6) is 0 Å². The summed E-state index contributed by atoms with van der Waals surface area (Å²) < 4.78 is 9.66. The van der Waals surface area contributed by atoms with Gasteiger partial charge in [-0.1, -0.05) is 36.5 Å².